The Balaban J connectivity index is 2.27. The van der Waals surface area contributed by atoms with Crippen molar-refractivity contribution in [1.29, 1.82) is 0 Å². The first-order valence-corrected chi connectivity index (χ1v) is 5.42. The van der Waals surface area contributed by atoms with Crippen LogP contribution in [-0.4, -0.2) is 14.9 Å². The molecule has 0 saturated heterocycles. The molecule has 1 fully saturated rings. The van der Waals surface area contributed by atoms with Crippen LogP contribution in [0.3, 0.4) is 0 Å². The lowest BCUT2D eigenvalue weighted by Crippen LogP contribution is -2.09. The van der Waals surface area contributed by atoms with Crippen molar-refractivity contribution >= 4 is 10.9 Å². The Labute approximate surface area is 88.3 Å². The predicted molar refractivity (Wildman–Crippen MR) is 59.0 cm³/mol. The van der Waals surface area contributed by atoms with Crippen molar-refractivity contribution < 1.29 is 5.11 Å². The SMILES string of the molecule is Cn1nc(C2CCC2)c2cccc(O)c21. The summed E-state index contributed by atoms with van der Waals surface area (Å²) in [5.41, 5.74) is 2.02. The second-order valence-electron chi connectivity index (χ2n) is 4.31. The van der Waals surface area contributed by atoms with Gasteiger partial charge >= 0.3 is 0 Å². The normalized spacial score (nSPS) is 16.9. The highest BCUT2D eigenvalue weighted by Gasteiger charge is 2.25. The van der Waals surface area contributed by atoms with E-state index in [0.29, 0.717) is 11.7 Å². The Morgan fingerprint density at radius 2 is 2.20 bits per heavy atom. The van der Waals surface area contributed by atoms with Crippen molar-refractivity contribution in [3.8, 4) is 5.75 Å². The first-order chi connectivity index (χ1) is 7.27. The third-order valence-corrected chi connectivity index (χ3v) is 3.36. The van der Waals surface area contributed by atoms with Crippen molar-refractivity contribution in [1.82, 2.24) is 9.78 Å². The van der Waals surface area contributed by atoms with Crippen LogP contribution >= 0.6 is 0 Å². The molecule has 1 aromatic heterocycles. The van der Waals surface area contributed by atoms with Gasteiger partial charge in [-0.15, -0.1) is 0 Å². The van der Waals surface area contributed by atoms with Gasteiger partial charge < -0.3 is 5.11 Å². The van der Waals surface area contributed by atoms with E-state index in [1.165, 1.54) is 19.3 Å². The van der Waals surface area contributed by atoms with E-state index >= 15 is 0 Å². The molecule has 0 unspecified atom stereocenters. The minimum atomic E-state index is 0.327. The summed E-state index contributed by atoms with van der Waals surface area (Å²) in [6, 6.07) is 5.66. The van der Waals surface area contributed by atoms with Crippen LogP contribution in [0.15, 0.2) is 18.2 Å². The molecule has 3 heteroatoms. The van der Waals surface area contributed by atoms with Gasteiger partial charge in [0.15, 0.2) is 0 Å². The lowest BCUT2D eigenvalue weighted by atomic mass is 9.82. The number of phenolic OH excluding ortho intramolecular Hbond substituents is 1. The van der Waals surface area contributed by atoms with Gasteiger partial charge in [0.25, 0.3) is 0 Å². The molecule has 78 valence electrons. The molecule has 1 aliphatic rings. The smallest absolute Gasteiger partial charge is 0.141 e. The number of phenols is 1. The molecule has 0 aliphatic heterocycles. The maximum absolute atomic E-state index is 9.78. The molecule has 3 nitrogen and oxygen atoms in total. The van der Waals surface area contributed by atoms with Gasteiger partial charge in [-0.2, -0.15) is 5.10 Å². The van der Waals surface area contributed by atoms with Crippen molar-refractivity contribution in [2.24, 2.45) is 7.05 Å². The van der Waals surface area contributed by atoms with Crippen LogP contribution in [0.1, 0.15) is 30.9 Å². The van der Waals surface area contributed by atoms with E-state index in [1.54, 1.807) is 10.7 Å². The van der Waals surface area contributed by atoms with Gasteiger partial charge in [-0.25, -0.2) is 0 Å². The molecule has 1 aliphatic carbocycles. The summed E-state index contributed by atoms with van der Waals surface area (Å²) >= 11 is 0. The van der Waals surface area contributed by atoms with Gasteiger partial charge in [-0.3, -0.25) is 4.68 Å². The Morgan fingerprint density at radius 3 is 2.87 bits per heavy atom. The molecule has 2 aromatic rings. The molecule has 0 radical (unpaired) electrons. The summed E-state index contributed by atoms with van der Waals surface area (Å²) in [4.78, 5) is 0. The zero-order chi connectivity index (χ0) is 10.4. The maximum atomic E-state index is 9.78. The monoisotopic (exact) mass is 202 g/mol. The van der Waals surface area contributed by atoms with Gasteiger partial charge in [0.05, 0.1) is 5.69 Å². The molecule has 1 saturated carbocycles. The number of hydrogen-bond acceptors (Lipinski definition) is 2. The first kappa shape index (κ1) is 8.77. The van der Waals surface area contributed by atoms with E-state index in [0.717, 1.165) is 16.6 Å². The maximum Gasteiger partial charge on any atom is 0.141 e. The van der Waals surface area contributed by atoms with Crippen LogP contribution in [0.5, 0.6) is 5.75 Å². The zero-order valence-electron chi connectivity index (χ0n) is 8.77. The van der Waals surface area contributed by atoms with Gasteiger partial charge in [-0.05, 0) is 18.9 Å². The Hall–Kier alpha value is -1.51. The van der Waals surface area contributed by atoms with E-state index in [9.17, 15) is 5.11 Å². The fraction of sp³-hybridized carbons (Fsp3) is 0.417. The number of benzene rings is 1. The molecule has 0 amide bonds. The zero-order valence-corrected chi connectivity index (χ0v) is 8.77. The number of rotatable bonds is 1. The number of nitrogens with zero attached hydrogens (tertiary/aromatic N) is 2. The highest BCUT2D eigenvalue weighted by atomic mass is 16.3. The number of aromatic hydroxyl groups is 1. The van der Waals surface area contributed by atoms with Crippen LogP contribution in [0.2, 0.25) is 0 Å². The van der Waals surface area contributed by atoms with Gasteiger partial charge in [0.2, 0.25) is 0 Å². The topological polar surface area (TPSA) is 38.0 Å². The molecule has 1 heterocycles. The molecule has 15 heavy (non-hydrogen) atoms. The molecule has 0 atom stereocenters. The van der Waals surface area contributed by atoms with Crippen LogP contribution in [-0.2, 0) is 7.05 Å². The fourth-order valence-electron chi connectivity index (χ4n) is 2.33. The number of para-hydroxylation sites is 1. The molecular formula is C12H14N2O. The number of fused-ring (bicyclic) bond motifs is 1. The molecule has 1 aromatic carbocycles. The van der Waals surface area contributed by atoms with Crippen molar-refractivity contribution in [2.75, 3.05) is 0 Å². The Morgan fingerprint density at radius 1 is 1.40 bits per heavy atom. The third kappa shape index (κ3) is 1.16. The summed E-state index contributed by atoms with van der Waals surface area (Å²) in [5, 5.41) is 15.4. The number of aromatic nitrogens is 2. The highest BCUT2D eigenvalue weighted by molar-refractivity contribution is 5.87. The van der Waals surface area contributed by atoms with E-state index in [4.69, 9.17) is 0 Å². The third-order valence-electron chi connectivity index (χ3n) is 3.36. The average Bonchev–Trinajstić information content (AvgIpc) is 2.43. The van der Waals surface area contributed by atoms with E-state index in [2.05, 4.69) is 11.2 Å². The Kier molecular flexibility index (Phi) is 1.75. The lowest BCUT2D eigenvalue weighted by Gasteiger charge is -2.23. The molecule has 1 N–H and O–H groups in total. The highest BCUT2D eigenvalue weighted by Crippen LogP contribution is 2.40. The minimum absolute atomic E-state index is 0.327. The van der Waals surface area contributed by atoms with E-state index in [-0.39, 0.29) is 0 Å². The van der Waals surface area contributed by atoms with Crippen molar-refractivity contribution in [3.05, 3.63) is 23.9 Å². The number of hydrogen-bond donors (Lipinski definition) is 1. The van der Waals surface area contributed by atoms with E-state index in [1.807, 2.05) is 13.1 Å². The largest absolute Gasteiger partial charge is 0.506 e. The molecule has 0 spiro atoms. The number of aryl methyl sites for hydroxylation is 1. The summed E-state index contributed by atoms with van der Waals surface area (Å²) < 4.78 is 1.79. The van der Waals surface area contributed by atoms with Crippen LogP contribution in [0.4, 0.5) is 0 Å². The first-order valence-electron chi connectivity index (χ1n) is 5.42. The predicted octanol–water partition coefficient (Wildman–Crippen LogP) is 2.55. The standard InChI is InChI=1S/C12H14N2O/c1-14-12-9(6-3-7-10(12)15)11(13-14)8-4-2-5-8/h3,6-8,15H,2,4-5H2,1H3. The summed E-state index contributed by atoms with van der Waals surface area (Å²) in [5.74, 6) is 0.934. The Bertz CT molecular complexity index is 512. The summed E-state index contributed by atoms with van der Waals surface area (Å²) in [6.07, 6.45) is 3.78. The summed E-state index contributed by atoms with van der Waals surface area (Å²) in [6.45, 7) is 0. The lowest BCUT2D eigenvalue weighted by molar-refractivity contribution is 0.410. The van der Waals surface area contributed by atoms with Crippen LogP contribution in [0.25, 0.3) is 10.9 Å². The minimum Gasteiger partial charge on any atom is -0.506 e. The van der Waals surface area contributed by atoms with Crippen LogP contribution in [0, 0.1) is 0 Å². The average molecular weight is 202 g/mol. The van der Waals surface area contributed by atoms with Crippen molar-refractivity contribution in [2.45, 2.75) is 25.2 Å². The molecular weight excluding hydrogens is 188 g/mol. The van der Waals surface area contributed by atoms with Gasteiger partial charge in [0.1, 0.15) is 11.3 Å². The summed E-state index contributed by atoms with van der Waals surface area (Å²) in [7, 11) is 1.89. The molecule has 3 rings (SSSR count). The fourth-order valence-corrected chi connectivity index (χ4v) is 2.33. The van der Waals surface area contributed by atoms with Crippen LogP contribution < -0.4 is 0 Å². The molecule has 0 bridgehead atoms. The van der Waals surface area contributed by atoms with Gasteiger partial charge in [0, 0.05) is 18.4 Å². The van der Waals surface area contributed by atoms with E-state index < -0.39 is 0 Å². The quantitative estimate of drug-likeness (QED) is 0.771. The van der Waals surface area contributed by atoms with Gasteiger partial charge in [-0.1, -0.05) is 18.6 Å². The second-order valence-corrected chi connectivity index (χ2v) is 4.31. The van der Waals surface area contributed by atoms with Crippen molar-refractivity contribution in [3.63, 3.8) is 0 Å². The second kappa shape index (κ2) is 2.99.